The molecule has 1 amide bonds. The van der Waals surface area contributed by atoms with Crippen molar-refractivity contribution in [3.63, 3.8) is 0 Å². The molecule has 3 rings (SSSR count). The first kappa shape index (κ1) is 16.5. The zero-order valence-electron chi connectivity index (χ0n) is 12.8. The number of nitrogens with one attached hydrogen (secondary N) is 1. The van der Waals surface area contributed by atoms with Crippen molar-refractivity contribution in [2.75, 3.05) is 12.0 Å². The average Bonchev–Trinajstić information content (AvgIpc) is 3.01. The molecule has 0 aliphatic heterocycles. The highest BCUT2D eigenvalue weighted by molar-refractivity contribution is 7.18. The summed E-state index contributed by atoms with van der Waals surface area (Å²) in [6, 6.07) is 8.46. The van der Waals surface area contributed by atoms with Crippen LogP contribution in [0.15, 0.2) is 41.5 Å². The number of hydrogen-bond acceptors (Lipinski definition) is 5. The standard InChI is InChI=1S/C16H14ClN3O3S/c1-2-12-7-13-15(24-12)18-9-20(16(13)22)19-14(21)8-23-11-5-3-10(17)4-6-11/h3-7,9H,2,8H2,1H3,(H,19,21). The van der Waals surface area contributed by atoms with Crippen molar-refractivity contribution in [2.45, 2.75) is 13.3 Å². The molecule has 124 valence electrons. The fourth-order valence-corrected chi connectivity index (χ4v) is 3.12. The summed E-state index contributed by atoms with van der Waals surface area (Å²) in [7, 11) is 0. The number of hydrogen-bond donors (Lipinski definition) is 1. The predicted molar refractivity (Wildman–Crippen MR) is 94.6 cm³/mol. The van der Waals surface area contributed by atoms with Crippen molar-refractivity contribution in [1.29, 1.82) is 0 Å². The van der Waals surface area contributed by atoms with E-state index in [1.54, 1.807) is 24.3 Å². The summed E-state index contributed by atoms with van der Waals surface area (Å²) in [5.74, 6) is 0.0556. The molecule has 8 heteroatoms. The molecule has 1 aromatic carbocycles. The van der Waals surface area contributed by atoms with E-state index in [1.165, 1.54) is 17.7 Å². The van der Waals surface area contributed by atoms with E-state index in [0.717, 1.165) is 16.0 Å². The van der Waals surface area contributed by atoms with E-state index in [1.807, 2.05) is 13.0 Å². The van der Waals surface area contributed by atoms with Crippen LogP contribution in [0.1, 0.15) is 11.8 Å². The molecule has 2 aromatic heterocycles. The smallest absolute Gasteiger partial charge is 0.280 e. The third-order valence-corrected chi connectivity index (χ3v) is 4.72. The first-order valence-electron chi connectivity index (χ1n) is 7.25. The minimum atomic E-state index is -0.459. The Morgan fingerprint density at radius 2 is 2.12 bits per heavy atom. The van der Waals surface area contributed by atoms with Crippen molar-refractivity contribution in [2.24, 2.45) is 0 Å². The molecule has 24 heavy (non-hydrogen) atoms. The Hall–Kier alpha value is -2.38. The van der Waals surface area contributed by atoms with Crippen LogP contribution in [-0.2, 0) is 11.2 Å². The SMILES string of the molecule is CCc1cc2c(=O)n(NC(=O)COc3ccc(Cl)cc3)cnc2s1. The van der Waals surface area contributed by atoms with Crippen LogP contribution in [0.4, 0.5) is 0 Å². The maximum absolute atomic E-state index is 12.4. The van der Waals surface area contributed by atoms with Gasteiger partial charge in [0.25, 0.3) is 11.5 Å². The minimum Gasteiger partial charge on any atom is -0.484 e. The van der Waals surface area contributed by atoms with Gasteiger partial charge in [-0.1, -0.05) is 18.5 Å². The Labute approximate surface area is 146 Å². The number of rotatable bonds is 5. The highest BCUT2D eigenvalue weighted by atomic mass is 35.5. The Morgan fingerprint density at radius 3 is 2.83 bits per heavy atom. The summed E-state index contributed by atoms with van der Waals surface area (Å²) in [5, 5.41) is 1.08. The lowest BCUT2D eigenvalue weighted by Crippen LogP contribution is -2.35. The Morgan fingerprint density at radius 1 is 1.38 bits per heavy atom. The van der Waals surface area contributed by atoms with Crippen LogP contribution >= 0.6 is 22.9 Å². The van der Waals surface area contributed by atoms with E-state index in [-0.39, 0.29) is 12.2 Å². The summed E-state index contributed by atoms with van der Waals surface area (Å²) in [5.41, 5.74) is 2.16. The fraction of sp³-hybridized carbons (Fsp3) is 0.188. The van der Waals surface area contributed by atoms with Gasteiger partial charge in [0, 0.05) is 9.90 Å². The normalized spacial score (nSPS) is 10.8. The zero-order chi connectivity index (χ0) is 17.1. The first-order valence-corrected chi connectivity index (χ1v) is 8.44. The van der Waals surface area contributed by atoms with Gasteiger partial charge >= 0.3 is 0 Å². The zero-order valence-corrected chi connectivity index (χ0v) is 14.4. The lowest BCUT2D eigenvalue weighted by molar-refractivity contribution is -0.119. The van der Waals surface area contributed by atoms with Gasteiger partial charge in [0.05, 0.1) is 5.39 Å². The Balaban J connectivity index is 1.69. The summed E-state index contributed by atoms with van der Waals surface area (Å²) in [4.78, 5) is 30.3. The molecule has 0 aliphatic rings. The monoisotopic (exact) mass is 363 g/mol. The highest BCUT2D eigenvalue weighted by Gasteiger charge is 2.10. The molecule has 0 saturated carbocycles. The molecule has 2 heterocycles. The van der Waals surface area contributed by atoms with Gasteiger partial charge in [-0.05, 0) is 36.8 Å². The molecule has 0 radical (unpaired) electrons. The summed E-state index contributed by atoms with van der Waals surface area (Å²) in [6.07, 6.45) is 2.14. The van der Waals surface area contributed by atoms with Gasteiger partial charge in [-0.3, -0.25) is 15.0 Å². The van der Waals surface area contributed by atoms with Crippen molar-refractivity contribution >= 4 is 39.1 Å². The lowest BCUT2D eigenvalue weighted by atomic mass is 10.3. The summed E-state index contributed by atoms with van der Waals surface area (Å²) < 4.78 is 6.41. The van der Waals surface area contributed by atoms with Gasteiger partial charge in [-0.15, -0.1) is 11.3 Å². The molecule has 1 N–H and O–H groups in total. The number of benzene rings is 1. The number of carbonyl (C=O) groups excluding carboxylic acids is 1. The molecule has 0 bridgehead atoms. The number of ether oxygens (including phenoxy) is 1. The summed E-state index contributed by atoms with van der Waals surface area (Å²) >= 11 is 7.26. The van der Waals surface area contributed by atoms with Gasteiger partial charge in [0.1, 0.15) is 16.9 Å². The molecular weight excluding hydrogens is 350 g/mol. The molecule has 0 aliphatic carbocycles. The van der Waals surface area contributed by atoms with Gasteiger partial charge in [-0.25, -0.2) is 9.66 Å². The van der Waals surface area contributed by atoms with Crippen molar-refractivity contribution in [3.05, 3.63) is 56.9 Å². The van der Waals surface area contributed by atoms with Crippen LogP contribution in [0.3, 0.4) is 0 Å². The van der Waals surface area contributed by atoms with Crippen LogP contribution in [0.25, 0.3) is 10.2 Å². The first-order chi connectivity index (χ1) is 11.6. The number of nitrogens with zero attached hydrogens (tertiary/aromatic N) is 2. The number of thiophene rings is 1. The molecule has 0 spiro atoms. The molecule has 6 nitrogen and oxygen atoms in total. The maximum Gasteiger partial charge on any atom is 0.280 e. The van der Waals surface area contributed by atoms with Crippen LogP contribution < -0.4 is 15.7 Å². The van der Waals surface area contributed by atoms with Crippen molar-refractivity contribution in [1.82, 2.24) is 9.66 Å². The second-order valence-electron chi connectivity index (χ2n) is 4.98. The molecule has 0 saturated heterocycles. The Bertz CT molecular complexity index is 934. The van der Waals surface area contributed by atoms with E-state index in [2.05, 4.69) is 10.4 Å². The van der Waals surface area contributed by atoms with Crippen LogP contribution in [0.2, 0.25) is 5.02 Å². The van der Waals surface area contributed by atoms with Gasteiger partial charge < -0.3 is 4.74 Å². The predicted octanol–water partition coefficient (Wildman–Crippen LogP) is 2.82. The second kappa shape index (κ2) is 7.02. The molecule has 3 aromatic rings. The summed E-state index contributed by atoms with van der Waals surface area (Å²) in [6.45, 7) is 1.79. The van der Waals surface area contributed by atoms with Crippen LogP contribution in [0.5, 0.6) is 5.75 Å². The van der Waals surface area contributed by atoms with Crippen molar-refractivity contribution < 1.29 is 9.53 Å². The van der Waals surface area contributed by atoms with Gasteiger partial charge in [-0.2, -0.15) is 0 Å². The molecule has 0 unspecified atom stereocenters. The largest absolute Gasteiger partial charge is 0.484 e. The van der Waals surface area contributed by atoms with Gasteiger partial charge in [0.15, 0.2) is 6.61 Å². The number of carbonyl (C=O) groups is 1. The number of aryl methyl sites for hydroxylation is 1. The van der Waals surface area contributed by atoms with E-state index in [4.69, 9.17) is 16.3 Å². The number of fused-ring (bicyclic) bond motifs is 1. The van der Waals surface area contributed by atoms with E-state index in [0.29, 0.717) is 21.0 Å². The fourth-order valence-electron chi connectivity index (χ4n) is 2.07. The second-order valence-corrected chi connectivity index (χ2v) is 6.53. The molecular formula is C16H14ClN3O3S. The van der Waals surface area contributed by atoms with E-state index < -0.39 is 5.91 Å². The molecule has 0 atom stereocenters. The maximum atomic E-state index is 12.4. The van der Waals surface area contributed by atoms with Crippen molar-refractivity contribution in [3.8, 4) is 5.75 Å². The average molecular weight is 364 g/mol. The lowest BCUT2D eigenvalue weighted by Gasteiger charge is -2.09. The third kappa shape index (κ3) is 3.58. The topological polar surface area (TPSA) is 73.2 Å². The third-order valence-electron chi connectivity index (χ3n) is 3.28. The van der Waals surface area contributed by atoms with E-state index >= 15 is 0 Å². The minimum absolute atomic E-state index is 0.226. The van der Waals surface area contributed by atoms with Gasteiger partial charge in [0.2, 0.25) is 0 Å². The quantitative estimate of drug-likeness (QED) is 0.756. The number of amides is 1. The van der Waals surface area contributed by atoms with Crippen LogP contribution in [-0.4, -0.2) is 22.2 Å². The number of halogens is 1. The Kier molecular flexibility index (Phi) is 4.82. The van der Waals surface area contributed by atoms with Crippen LogP contribution in [0, 0.1) is 0 Å². The molecule has 0 fully saturated rings. The number of aromatic nitrogens is 2. The van der Waals surface area contributed by atoms with E-state index in [9.17, 15) is 9.59 Å². The highest BCUT2D eigenvalue weighted by Crippen LogP contribution is 2.20.